The summed E-state index contributed by atoms with van der Waals surface area (Å²) in [5, 5.41) is 9.73. The number of carboxylic acid groups (broad SMARTS) is 1. The van der Waals surface area contributed by atoms with Crippen LogP contribution >= 0.6 is 15.9 Å². The van der Waals surface area contributed by atoms with Crippen LogP contribution in [0.3, 0.4) is 0 Å². The predicted octanol–water partition coefficient (Wildman–Crippen LogP) is 5.33. The molecule has 0 unspecified atom stereocenters. The highest BCUT2D eigenvalue weighted by Gasteiger charge is 2.40. The number of rotatable bonds is 5. The summed E-state index contributed by atoms with van der Waals surface area (Å²) in [6, 6.07) is 22.8. The van der Waals surface area contributed by atoms with Crippen LogP contribution in [0.2, 0.25) is 0 Å². The molecule has 1 aliphatic heterocycles. The van der Waals surface area contributed by atoms with Crippen LogP contribution in [-0.4, -0.2) is 11.1 Å². The van der Waals surface area contributed by atoms with Crippen molar-refractivity contribution in [2.45, 2.75) is 18.6 Å². The van der Waals surface area contributed by atoms with Crippen molar-refractivity contribution < 1.29 is 19.4 Å². The molecule has 0 saturated heterocycles. The second-order valence-corrected chi connectivity index (χ2v) is 7.30. The third-order valence-corrected chi connectivity index (χ3v) is 5.08. The summed E-state index contributed by atoms with van der Waals surface area (Å²) in [5.74, 6) is -0.303. The van der Waals surface area contributed by atoms with Crippen LogP contribution in [0.4, 0.5) is 0 Å². The highest BCUT2D eigenvalue weighted by atomic mass is 79.9. The number of hydrogen-bond donors (Lipinski definition) is 1. The van der Waals surface area contributed by atoms with Gasteiger partial charge in [-0.2, -0.15) is 0 Å². The third kappa shape index (κ3) is 3.69. The number of hydrogen-bond acceptors (Lipinski definition) is 3. The molecule has 5 heteroatoms. The van der Waals surface area contributed by atoms with Crippen molar-refractivity contribution in [3.63, 3.8) is 0 Å². The average Bonchev–Trinajstić information content (AvgIpc) is 3.06. The summed E-state index contributed by atoms with van der Waals surface area (Å²) in [6.07, 6.45) is -0.560. The number of carbonyl (C=O) groups is 1. The molecule has 1 N–H and O–H groups in total. The van der Waals surface area contributed by atoms with E-state index in [-0.39, 0.29) is 0 Å². The van der Waals surface area contributed by atoms with Crippen molar-refractivity contribution >= 4 is 21.9 Å². The fourth-order valence-electron chi connectivity index (χ4n) is 3.26. The molecule has 1 heterocycles. The van der Waals surface area contributed by atoms with Crippen LogP contribution < -0.4 is 9.47 Å². The van der Waals surface area contributed by atoms with Crippen molar-refractivity contribution in [3.05, 3.63) is 94.0 Å². The Balaban J connectivity index is 1.52. The fourth-order valence-corrected chi connectivity index (χ4v) is 3.63. The van der Waals surface area contributed by atoms with Crippen molar-refractivity contribution in [1.82, 2.24) is 0 Å². The number of halogens is 1. The second-order valence-electron chi connectivity index (χ2n) is 6.38. The maximum absolute atomic E-state index is 11.9. The van der Waals surface area contributed by atoms with Gasteiger partial charge in [-0.05, 0) is 41.5 Å². The molecule has 4 rings (SSSR count). The predicted molar refractivity (Wildman–Crippen MR) is 105 cm³/mol. The minimum Gasteiger partial charge on any atom is -0.489 e. The van der Waals surface area contributed by atoms with Crippen molar-refractivity contribution in [1.29, 1.82) is 0 Å². The van der Waals surface area contributed by atoms with Gasteiger partial charge in [0.05, 0.1) is 0 Å². The van der Waals surface area contributed by atoms with E-state index in [0.29, 0.717) is 17.9 Å². The quantitative estimate of drug-likeness (QED) is 0.601. The molecular formula is C22H17BrO4. The molecule has 0 saturated carbocycles. The molecule has 0 aliphatic carbocycles. The van der Waals surface area contributed by atoms with Gasteiger partial charge in [-0.3, -0.25) is 4.79 Å². The summed E-state index contributed by atoms with van der Waals surface area (Å²) in [4.78, 5) is 11.9. The highest BCUT2D eigenvalue weighted by molar-refractivity contribution is 9.10. The Bertz CT molecular complexity index is 954. The van der Waals surface area contributed by atoms with Gasteiger partial charge in [-0.25, -0.2) is 0 Å². The molecule has 0 spiro atoms. The zero-order valence-corrected chi connectivity index (χ0v) is 15.9. The lowest BCUT2D eigenvalue weighted by molar-refractivity contribution is -0.140. The van der Waals surface area contributed by atoms with Crippen LogP contribution in [0.15, 0.2) is 77.3 Å². The van der Waals surface area contributed by atoms with E-state index >= 15 is 0 Å². The maximum Gasteiger partial charge on any atom is 0.315 e. The summed E-state index contributed by atoms with van der Waals surface area (Å²) in [5.41, 5.74) is 2.58. The van der Waals surface area contributed by atoms with Gasteiger partial charge in [0.2, 0.25) is 0 Å². The molecule has 0 radical (unpaired) electrons. The van der Waals surface area contributed by atoms with Gasteiger partial charge in [0.1, 0.15) is 30.1 Å². The Morgan fingerprint density at radius 2 is 1.78 bits per heavy atom. The Labute approximate surface area is 165 Å². The molecule has 0 fully saturated rings. The van der Waals surface area contributed by atoms with Crippen molar-refractivity contribution in [2.75, 3.05) is 0 Å². The summed E-state index contributed by atoms with van der Waals surface area (Å²) < 4.78 is 12.6. The lowest BCUT2D eigenvalue weighted by Crippen LogP contribution is -2.18. The molecule has 3 aromatic rings. The summed E-state index contributed by atoms with van der Waals surface area (Å²) in [7, 11) is 0. The number of aliphatic carboxylic acids is 1. The summed E-state index contributed by atoms with van der Waals surface area (Å²) in [6.45, 7) is 0.483. The van der Waals surface area contributed by atoms with Crippen LogP contribution in [0, 0.1) is 0 Å². The van der Waals surface area contributed by atoms with E-state index in [1.54, 1.807) is 6.07 Å². The highest BCUT2D eigenvalue weighted by Crippen LogP contribution is 2.47. The standard InChI is InChI=1S/C22H17BrO4/c23-16-8-11-19-18(12-16)20(22(24)25)21(27-19)15-6-9-17(10-7-15)26-13-14-4-2-1-3-5-14/h1-12,20-21H,13H2,(H,24,25)/t20-,21+/m1/s1. The number of carboxylic acids is 1. The van der Waals surface area contributed by atoms with E-state index in [9.17, 15) is 9.90 Å². The van der Waals surface area contributed by atoms with Crippen LogP contribution in [-0.2, 0) is 11.4 Å². The minimum atomic E-state index is -0.902. The molecule has 0 amide bonds. The van der Waals surface area contributed by atoms with Crippen LogP contribution in [0.1, 0.15) is 28.7 Å². The first-order valence-electron chi connectivity index (χ1n) is 8.57. The Kier molecular flexibility index (Phi) is 4.86. The molecule has 0 aromatic heterocycles. The van der Waals surface area contributed by atoms with Gasteiger partial charge in [-0.1, -0.05) is 58.4 Å². The van der Waals surface area contributed by atoms with E-state index in [1.165, 1.54) is 0 Å². The van der Waals surface area contributed by atoms with Gasteiger partial charge >= 0.3 is 5.97 Å². The summed E-state index contributed by atoms with van der Waals surface area (Å²) >= 11 is 3.40. The largest absolute Gasteiger partial charge is 0.489 e. The zero-order chi connectivity index (χ0) is 18.8. The van der Waals surface area contributed by atoms with Gasteiger partial charge in [0, 0.05) is 10.0 Å². The van der Waals surface area contributed by atoms with E-state index in [2.05, 4.69) is 15.9 Å². The SMILES string of the molecule is O=C(O)[C@@H]1c2cc(Br)ccc2O[C@H]1c1ccc(OCc2ccccc2)cc1. The molecule has 27 heavy (non-hydrogen) atoms. The molecule has 2 atom stereocenters. The minimum absolute atomic E-state index is 0.483. The van der Waals surface area contributed by atoms with Crippen molar-refractivity contribution in [3.8, 4) is 11.5 Å². The van der Waals surface area contributed by atoms with Gasteiger partial charge < -0.3 is 14.6 Å². The first-order chi connectivity index (χ1) is 13.1. The van der Waals surface area contributed by atoms with Gasteiger partial charge in [-0.15, -0.1) is 0 Å². The Morgan fingerprint density at radius 1 is 1.04 bits per heavy atom. The Hall–Kier alpha value is -2.79. The van der Waals surface area contributed by atoms with Gasteiger partial charge in [0.15, 0.2) is 0 Å². The normalized spacial score (nSPS) is 17.8. The van der Waals surface area contributed by atoms with E-state index < -0.39 is 18.0 Å². The maximum atomic E-state index is 11.9. The van der Waals surface area contributed by atoms with Gasteiger partial charge in [0.25, 0.3) is 0 Å². The Morgan fingerprint density at radius 3 is 2.48 bits per heavy atom. The van der Waals surface area contributed by atoms with E-state index in [0.717, 1.165) is 21.3 Å². The molecule has 4 nitrogen and oxygen atoms in total. The number of ether oxygens (including phenoxy) is 2. The van der Waals surface area contributed by atoms with Crippen LogP contribution in [0.25, 0.3) is 0 Å². The molecule has 136 valence electrons. The monoisotopic (exact) mass is 424 g/mol. The zero-order valence-electron chi connectivity index (χ0n) is 14.3. The smallest absolute Gasteiger partial charge is 0.315 e. The lowest BCUT2D eigenvalue weighted by Gasteiger charge is -2.16. The lowest BCUT2D eigenvalue weighted by atomic mass is 9.91. The molecule has 0 bridgehead atoms. The average molecular weight is 425 g/mol. The third-order valence-electron chi connectivity index (χ3n) is 4.59. The number of benzene rings is 3. The molecule has 3 aromatic carbocycles. The second kappa shape index (κ2) is 7.45. The first kappa shape index (κ1) is 17.6. The van der Waals surface area contributed by atoms with E-state index in [1.807, 2.05) is 66.7 Å². The van der Waals surface area contributed by atoms with Crippen molar-refractivity contribution in [2.24, 2.45) is 0 Å². The topological polar surface area (TPSA) is 55.8 Å². The fraction of sp³-hybridized carbons (Fsp3) is 0.136. The molecular weight excluding hydrogens is 408 g/mol. The molecule has 1 aliphatic rings. The number of fused-ring (bicyclic) bond motifs is 1. The van der Waals surface area contributed by atoms with E-state index in [4.69, 9.17) is 9.47 Å². The first-order valence-corrected chi connectivity index (χ1v) is 9.37. The van der Waals surface area contributed by atoms with Crippen LogP contribution in [0.5, 0.6) is 11.5 Å².